The highest BCUT2D eigenvalue weighted by atomic mass is 16.2. The van der Waals surface area contributed by atoms with Gasteiger partial charge in [-0.1, -0.05) is 20.8 Å². The van der Waals surface area contributed by atoms with Crippen LogP contribution in [0.2, 0.25) is 0 Å². The third-order valence-corrected chi connectivity index (χ3v) is 3.17. The van der Waals surface area contributed by atoms with Crippen molar-refractivity contribution in [2.45, 2.75) is 66.0 Å². The Hall–Kier alpha value is -0.570. The van der Waals surface area contributed by atoms with Crippen molar-refractivity contribution in [2.24, 2.45) is 5.41 Å². The van der Waals surface area contributed by atoms with Crippen molar-refractivity contribution in [2.75, 3.05) is 13.1 Å². The molecule has 0 radical (unpaired) electrons. The number of hydrogen-bond acceptors (Lipinski definition) is 2. The second kappa shape index (κ2) is 5.85. The van der Waals surface area contributed by atoms with Crippen LogP contribution >= 0.6 is 0 Å². The summed E-state index contributed by atoms with van der Waals surface area (Å²) in [6, 6.07) is 0.701. The van der Waals surface area contributed by atoms with Gasteiger partial charge in [0.05, 0.1) is 0 Å². The number of hydrogen-bond donors (Lipinski definition) is 1. The maximum atomic E-state index is 12.3. The molecule has 17 heavy (non-hydrogen) atoms. The van der Waals surface area contributed by atoms with Gasteiger partial charge in [0.15, 0.2) is 0 Å². The summed E-state index contributed by atoms with van der Waals surface area (Å²) in [5, 5.41) is 3.40. The summed E-state index contributed by atoms with van der Waals surface area (Å²) in [5.41, 5.74) is 0.170. The Kier molecular flexibility index (Phi) is 4.99. The minimum atomic E-state index is 0.170. The predicted octanol–water partition coefficient (Wildman–Crippen LogP) is 2.41. The van der Waals surface area contributed by atoms with Crippen LogP contribution in [0, 0.1) is 5.41 Å². The molecule has 1 heterocycles. The van der Waals surface area contributed by atoms with Gasteiger partial charge in [0.2, 0.25) is 5.91 Å². The highest BCUT2D eigenvalue weighted by Crippen LogP contribution is 2.19. The topological polar surface area (TPSA) is 32.3 Å². The van der Waals surface area contributed by atoms with Gasteiger partial charge in [-0.3, -0.25) is 4.79 Å². The fourth-order valence-electron chi connectivity index (χ4n) is 2.33. The molecule has 1 aliphatic heterocycles. The van der Waals surface area contributed by atoms with Gasteiger partial charge in [0, 0.05) is 25.0 Å². The molecule has 0 saturated carbocycles. The molecule has 1 saturated heterocycles. The summed E-state index contributed by atoms with van der Waals surface area (Å²) < 4.78 is 0. The van der Waals surface area contributed by atoms with Crippen molar-refractivity contribution in [1.29, 1.82) is 0 Å². The molecule has 0 bridgehead atoms. The Morgan fingerprint density at radius 2 is 2.06 bits per heavy atom. The lowest BCUT2D eigenvalue weighted by Crippen LogP contribution is -2.44. The minimum Gasteiger partial charge on any atom is -0.340 e. The summed E-state index contributed by atoms with van der Waals surface area (Å²) in [7, 11) is 0. The van der Waals surface area contributed by atoms with Crippen molar-refractivity contribution in [3.63, 3.8) is 0 Å². The van der Waals surface area contributed by atoms with Crippen LogP contribution in [0.25, 0.3) is 0 Å². The lowest BCUT2D eigenvalue weighted by atomic mass is 9.95. The van der Waals surface area contributed by atoms with E-state index in [0.717, 1.165) is 19.5 Å². The number of rotatable bonds is 4. The van der Waals surface area contributed by atoms with E-state index in [1.807, 2.05) is 4.90 Å². The predicted molar refractivity (Wildman–Crippen MR) is 71.9 cm³/mol. The van der Waals surface area contributed by atoms with Gasteiger partial charge in [-0.2, -0.15) is 0 Å². The van der Waals surface area contributed by atoms with E-state index in [0.29, 0.717) is 24.4 Å². The Bertz CT molecular complexity index is 249. The van der Waals surface area contributed by atoms with Crippen LogP contribution in [0.3, 0.4) is 0 Å². The molecule has 1 amide bonds. The molecule has 0 aromatic heterocycles. The molecule has 1 N–H and O–H groups in total. The second-order valence-electron chi connectivity index (χ2n) is 6.67. The van der Waals surface area contributed by atoms with Crippen molar-refractivity contribution >= 4 is 5.91 Å². The van der Waals surface area contributed by atoms with Crippen LogP contribution < -0.4 is 5.32 Å². The van der Waals surface area contributed by atoms with E-state index in [4.69, 9.17) is 0 Å². The van der Waals surface area contributed by atoms with E-state index >= 15 is 0 Å². The summed E-state index contributed by atoms with van der Waals surface area (Å²) in [4.78, 5) is 14.3. The van der Waals surface area contributed by atoms with Gasteiger partial charge in [-0.25, -0.2) is 0 Å². The summed E-state index contributed by atoms with van der Waals surface area (Å²) in [6.45, 7) is 12.7. The molecule has 0 aromatic rings. The number of nitrogens with one attached hydrogen (secondary N) is 1. The average molecular weight is 240 g/mol. The molecule has 0 aromatic carbocycles. The highest BCUT2D eigenvalue weighted by Gasteiger charge is 2.26. The van der Waals surface area contributed by atoms with E-state index in [9.17, 15) is 4.79 Å². The average Bonchev–Trinajstić information content (AvgIpc) is 2.64. The molecule has 1 atom stereocenters. The normalized spacial score (nSPS) is 20.9. The zero-order valence-corrected chi connectivity index (χ0v) is 12.0. The smallest absolute Gasteiger partial charge is 0.224 e. The number of carbonyl (C=O) groups excluding carboxylic acids is 1. The van der Waals surface area contributed by atoms with E-state index in [1.165, 1.54) is 6.42 Å². The lowest BCUT2D eigenvalue weighted by Gasteiger charge is -2.34. The lowest BCUT2D eigenvalue weighted by molar-refractivity contribution is -0.134. The largest absolute Gasteiger partial charge is 0.340 e. The molecule has 3 nitrogen and oxygen atoms in total. The van der Waals surface area contributed by atoms with Gasteiger partial charge in [0.25, 0.3) is 0 Å². The van der Waals surface area contributed by atoms with Gasteiger partial charge in [-0.05, 0) is 38.6 Å². The van der Waals surface area contributed by atoms with Crippen molar-refractivity contribution in [1.82, 2.24) is 10.2 Å². The highest BCUT2D eigenvalue weighted by molar-refractivity contribution is 5.77. The van der Waals surface area contributed by atoms with Gasteiger partial charge in [-0.15, -0.1) is 0 Å². The van der Waals surface area contributed by atoms with Gasteiger partial charge in [0.1, 0.15) is 0 Å². The zero-order valence-electron chi connectivity index (χ0n) is 12.0. The van der Waals surface area contributed by atoms with Crippen LogP contribution in [0.15, 0.2) is 0 Å². The van der Waals surface area contributed by atoms with E-state index in [-0.39, 0.29) is 5.41 Å². The molecule has 0 spiro atoms. The van der Waals surface area contributed by atoms with Gasteiger partial charge < -0.3 is 10.2 Å². The maximum Gasteiger partial charge on any atom is 0.224 e. The Morgan fingerprint density at radius 1 is 1.41 bits per heavy atom. The fourth-order valence-corrected chi connectivity index (χ4v) is 2.33. The van der Waals surface area contributed by atoms with E-state index < -0.39 is 0 Å². The van der Waals surface area contributed by atoms with Crippen LogP contribution in [0.1, 0.15) is 53.9 Å². The van der Waals surface area contributed by atoms with Crippen molar-refractivity contribution in [3.05, 3.63) is 0 Å². The zero-order chi connectivity index (χ0) is 13.1. The first-order chi connectivity index (χ1) is 7.79. The molecule has 1 unspecified atom stereocenters. The first kappa shape index (κ1) is 14.5. The molecule has 0 aliphatic carbocycles. The summed E-state index contributed by atoms with van der Waals surface area (Å²) >= 11 is 0. The molecular formula is C14H28N2O. The maximum absolute atomic E-state index is 12.3. The van der Waals surface area contributed by atoms with Crippen molar-refractivity contribution < 1.29 is 4.79 Å². The molecule has 100 valence electrons. The van der Waals surface area contributed by atoms with Crippen LogP contribution in [0.4, 0.5) is 0 Å². The first-order valence-corrected chi connectivity index (χ1v) is 6.82. The van der Waals surface area contributed by atoms with Crippen LogP contribution in [0.5, 0.6) is 0 Å². The molecule has 3 heteroatoms. The molecule has 1 fully saturated rings. The van der Waals surface area contributed by atoms with Crippen LogP contribution in [-0.2, 0) is 4.79 Å². The van der Waals surface area contributed by atoms with E-state index in [1.54, 1.807) is 0 Å². The monoisotopic (exact) mass is 240 g/mol. The second-order valence-corrected chi connectivity index (χ2v) is 6.67. The summed E-state index contributed by atoms with van der Waals surface area (Å²) in [6.07, 6.45) is 3.01. The molecule has 1 aliphatic rings. The fraction of sp³-hybridized carbons (Fsp3) is 0.929. The SMILES string of the molecule is CC(C)N(CC(C)(C)C)C(=O)CC1CCCN1. The Balaban J connectivity index is 2.54. The van der Waals surface area contributed by atoms with Crippen molar-refractivity contribution in [3.8, 4) is 0 Å². The quantitative estimate of drug-likeness (QED) is 0.818. The number of amides is 1. The Morgan fingerprint density at radius 3 is 2.47 bits per heavy atom. The third kappa shape index (κ3) is 5.07. The van der Waals surface area contributed by atoms with Crippen LogP contribution in [-0.4, -0.2) is 36.0 Å². The number of nitrogens with zero attached hydrogens (tertiary/aromatic N) is 1. The first-order valence-electron chi connectivity index (χ1n) is 6.82. The minimum absolute atomic E-state index is 0.170. The third-order valence-electron chi connectivity index (χ3n) is 3.17. The van der Waals surface area contributed by atoms with Gasteiger partial charge >= 0.3 is 0 Å². The summed E-state index contributed by atoms with van der Waals surface area (Å²) in [5.74, 6) is 0.300. The Labute approximate surface area is 106 Å². The number of carbonyl (C=O) groups is 1. The standard InChI is InChI=1S/C14H28N2O/c1-11(2)16(10-14(3,4)5)13(17)9-12-7-6-8-15-12/h11-12,15H,6-10H2,1-5H3. The van der Waals surface area contributed by atoms with E-state index in [2.05, 4.69) is 39.9 Å². The molecule has 1 rings (SSSR count). The molecular weight excluding hydrogens is 212 g/mol.